The molecule has 162 valence electrons. The van der Waals surface area contributed by atoms with Gasteiger partial charge in [-0.05, 0) is 35.9 Å². The second-order valence-electron chi connectivity index (χ2n) is 6.40. The number of carbonyl (C=O) groups excluding carboxylic acids is 1. The second kappa shape index (κ2) is 8.25. The van der Waals surface area contributed by atoms with Crippen LogP contribution in [0.3, 0.4) is 0 Å². The van der Waals surface area contributed by atoms with Gasteiger partial charge in [-0.15, -0.1) is 0 Å². The van der Waals surface area contributed by atoms with Crippen molar-refractivity contribution in [1.82, 2.24) is 15.3 Å². The molecule has 0 radical (unpaired) electrons. The monoisotopic (exact) mass is 441 g/mol. The summed E-state index contributed by atoms with van der Waals surface area (Å²) in [5.74, 6) is -0.861. The molecule has 31 heavy (non-hydrogen) atoms. The third-order valence-corrected chi connectivity index (χ3v) is 4.31. The Hall–Kier alpha value is -3.63. The summed E-state index contributed by atoms with van der Waals surface area (Å²) in [6.07, 6.45) is -7.33. The molecule has 0 fully saturated rings. The lowest BCUT2D eigenvalue weighted by Gasteiger charge is -2.22. The number of benzene rings is 1. The van der Waals surface area contributed by atoms with Crippen molar-refractivity contribution in [2.24, 2.45) is 0 Å². The fourth-order valence-corrected chi connectivity index (χ4v) is 2.83. The summed E-state index contributed by atoms with van der Waals surface area (Å²) in [5, 5.41) is 2.35. The van der Waals surface area contributed by atoms with Crippen LogP contribution in [-0.2, 0) is 12.4 Å². The normalized spacial score (nSPS) is 13.0. The van der Waals surface area contributed by atoms with Gasteiger partial charge in [-0.1, -0.05) is 12.1 Å². The number of rotatable bonds is 4. The zero-order chi connectivity index (χ0) is 22.8. The van der Waals surface area contributed by atoms with Crippen LogP contribution in [0.25, 0.3) is 0 Å². The molecule has 0 saturated heterocycles. The quantitative estimate of drug-likeness (QED) is 0.592. The van der Waals surface area contributed by atoms with E-state index in [0.29, 0.717) is 12.1 Å². The van der Waals surface area contributed by atoms with Gasteiger partial charge in [-0.3, -0.25) is 14.6 Å². The fourth-order valence-electron chi connectivity index (χ4n) is 2.83. The maximum absolute atomic E-state index is 13.5. The Morgan fingerprint density at radius 3 is 2.16 bits per heavy atom. The zero-order valence-electron chi connectivity index (χ0n) is 15.4. The molecule has 5 nitrogen and oxygen atoms in total. The maximum atomic E-state index is 13.5. The number of hydrogen-bond acceptors (Lipinski definition) is 3. The predicted octanol–water partition coefficient (Wildman–Crippen LogP) is 4.33. The van der Waals surface area contributed by atoms with Crippen LogP contribution in [0.1, 0.15) is 38.8 Å². The van der Waals surface area contributed by atoms with Gasteiger partial charge in [0.1, 0.15) is 0 Å². The topological polar surface area (TPSA) is 74.8 Å². The highest BCUT2D eigenvalue weighted by Gasteiger charge is 2.37. The van der Waals surface area contributed by atoms with Gasteiger partial charge in [0, 0.05) is 18.5 Å². The van der Waals surface area contributed by atoms with Gasteiger partial charge < -0.3 is 10.3 Å². The molecule has 0 aliphatic rings. The van der Waals surface area contributed by atoms with Gasteiger partial charge in [-0.2, -0.15) is 26.3 Å². The first-order valence-electron chi connectivity index (χ1n) is 8.65. The molecular formula is C20H13F6N3O2. The summed E-state index contributed by atoms with van der Waals surface area (Å²) in [6, 6.07) is 5.83. The Kier molecular flexibility index (Phi) is 5.87. The average Bonchev–Trinajstić information content (AvgIpc) is 2.71. The van der Waals surface area contributed by atoms with E-state index in [1.54, 1.807) is 0 Å². The zero-order valence-corrected chi connectivity index (χ0v) is 15.4. The number of H-pyrrole nitrogens is 1. The number of aromatic nitrogens is 2. The fraction of sp³-hybridized carbons (Fsp3) is 0.150. The SMILES string of the molecule is O=C(N[C@@H](c1ccc(C(F)(F)F)cc1)c1ncccc1C(F)(F)F)c1ccc(=O)[nH]c1. The summed E-state index contributed by atoms with van der Waals surface area (Å²) in [5.41, 5.74) is -3.36. The largest absolute Gasteiger partial charge is 0.418 e. The Labute approximate surface area is 170 Å². The summed E-state index contributed by atoms with van der Waals surface area (Å²) in [7, 11) is 0. The van der Waals surface area contributed by atoms with E-state index >= 15 is 0 Å². The minimum absolute atomic E-state index is 0.0463. The number of carbonyl (C=O) groups is 1. The number of pyridine rings is 2. The summed E-state index contributed by atoms with van der Waals surface area (Å²) < 4.78 is 79.1. The molecular weight excluding hydrogens is 428 g/mol. The van der Waals surface area contributed by atoms with Crippen molar-refractivity contribution in [3.63, 3.8) is 0 Å². The van der Waals surface area contributed by atoms with Crippen LogP contribution >= 0.6 is 0 Å². The number of nitrogens with one attached hydrogen (secondary N) is 2. The number of hydrogen-bond donors (Lipinski definition) is 2. The molecule has 3 aromatic rings. The van der Waals surface area contributed by atoms with Crippen LogP contribution in [0, 0.1) is 0 Å². The Balaban J connectivity index is 2.08. The van der Waals surface area contributed by atoms with Crippen LogP contribution in [0.15, 0.2) is 65.7 Å². The van der Waals surface area contributed by atoms with Gasteiger partial charge in [0.25, 0.3) is 5.91 Å². The molecule has 1 aromatic carbocycles. The molecule has 2 N–H and O–H groups in total. The predicted molar refractivity (Wildman–Crippen MR) is 97.1 cm³/mol. The lowest BCUT2D eigenvalue weighted by Crippen LogP contribution is -2.32. The Bertz CT molecular complexity index is 1120. The van der Waals surface area contributed by atoms with Crippen molar-refractivity contribution in [3.05, 3.63) is 99.2 Å². The van der Waals surface area contributed by atoms with E-state index in [2.05, 4.69) is 15.3 Å². The highest BCUT2D eigenvalue weighted by atomic mass is 19.4. The standard InChI is InChI=1S/C20H13F6N3O2/c21-19(22,23)13-6-3-11(4-7-13)16(17-14(20(24,25)26)2-1-9-27-17)29-18(31)12-5-8-15(30)28-10-12/h1-10,16H,(H,28,30)(H,29,31)/t16-/m0/s1. The van der Waals surface area contributed by atoms with Gasteiger partial charge in [-0.25, -0.2) is 0 Å². The molecule has 0 aliphatic heterocycles. The van der Waals surface area contributed by atoms with Gasteiger partial charge in [0.2, 0.25) is 5.56 Å². The van der Waals surface area contributed by atoms with Crippen LogP contribution in [0.2, 0.25) is 0 Å². The first-order chi connectivity index (χ1) is 14.5. The van der Waals surface area contributed by atoms with Gasteiger partial charge in [0.05, 0.1) is 28.4 Å². The van der Waals surface area contributed by atoms with E-state index < -0.39 is 46.7 Å². The number of nitrogens with zero attached hydrogens (tertiary/aromatic N) is 1. The van der Waals surface area contributed by atoms with Crippen molar-refractivity contribution >= 4 is 5.91 Å². The number of halogens is 6. The maximum Gasteiger partial charge on any atom is 0.418 e. The van der Waals surface area contributed by atoms with Gasteiger partial charge in [0.15, 0.2) is 0 Å². The lowest BCUT2D eigenvalue weighted by atomic mass is 9.97. The number of aromatic amines is 1. The van der Waals surface area contributed by atoms with E-state index in [1.807, 2.05) is 0 Å². The van der Waals surface area contributed by atoms with E-state index in [9.17, 15) is 35.9 Å². The summed E-state index contributed by atoms with van der Waals surface area (Å²) in [4.78, 5) is 29.7. The number of alkyl halides is 6. The Morgan fingerprint density at radius 2 is 1.61 bits per heavy atom. The second-order valence-corrected chi connectivity index (χ2v) is 6.40. The third-order valence-electron chi connectivity index (χ3n) is 4.31. The molecule has 1 atom stereocenters. The third kappa shape index (κ3) is 5.11. The molecule has 0 bridgehead atoms. The van der Waals surface area contributed by atoms with Crippen molar-refractivity contribution < 1.29 is 31.1 Å². The molecule has 1 amide bonds. The smallest absolute Gasteiger partial charge is 0.339 e. The van der Waals surface area contributed by atoms with E-state index in [4.69, 9.17) is 0 Å². The van der Waals surface area contributed by atoms with E-state index in [1.165, 1.54) is 0 Å². The molecule has 2 heterocycles. The number of amides is 1. The molecule has 0 saturated carbocycles. The minimum Gasteiger partial charge on any atom is -0.339 e. The van der Waals surface area contributed by atoms with E-state index in [-0.39, 0.29) is 11.1 Å². The minimum atomic E-state index is -4.82. The van der Waals surface area contributed by atoms with Crippen LogP contribution < -0.4 is 10.9 Å². The molecule has 0 spiro atoms. The molecule has 0 unspecified atom stereocenters. The van der Waals surface area contributed by atoms with E-state index in [0.717, 1.165) is 48.8 Å². The molecule has 2 aromatic heterocycles. The van der Waals surface area contributed by atoms with Crippen molar-refractivity contribution in [2.45, 2.75) is 18.4 Å². The average molecular weight is 441 g/mol. The van der Waals surface area contributed by atoms with Gasteiger partial charge >= 0.3 is 12.4 Å². The first kappa shape index (κ1) is 22.1. The summed E-state index contributed by atoms with van der Waals surface area (Å²) >= 11 is 0. The summed E-state index contributed by atoms with van der Waals surface area (Å²) in [6.45, 7) is 0. The lowest BCUT2D eigenvalue weighted by molar-refractivity contribution is -0.139. The van der Waals surface area contributed by atoms with Crippen LogP contribution in [0.4, 0.5) is 26.3 Å². The molecule has 3 rings (SSSR count). The van der Waals surface area contributed by atoms with Crippen molar-refractivity contribution in [3.8, 4) is 0 Å². The molecule has 11 heteroatoms. The van der Waals surface area contributed by atoms with Crippen molar-refractivity contribution in [2.75, 3.05) is 0 Å². The van der Waals surface area contributed by atoms with Crippen LogP contribution in [0.5, 0.6) is 0 Å². The Morgan fingerprint density at radius 1 is 0.935 bits per heavy atom. The highest BCUT2D eigenvalue weighted by Crippen LogP contribution is 2.36. The molecule has 0 aliphatic carbocycles. The highest BCUT2D eigenvalue weighted by molar-refractivity contribution is 5.94. The first-order valence-corrected chi connectivity index (χ1v) is 8.65. The van der Waals surface area contributed by atoms with Crippen LogP contribution in [-0.4, -0.2) is 15.9 Å². The van der Waals surface area contributed by atoms with Crippen molar-refractivity contribution in [1.29, 1.82) is 0 Å².